The van der Waals surface area contributed by atoms with Crippen molar-refractivity contribution in [1.82, 2.24) is 26.1 Å². The van der Waals surface area contributed by atoms with Crippen molar-refractivity contribution in [3.05, 3.63) is 23.9 Å². The van der Waals surface area contributed by atoms with Crippen LogP contribution in [0, 0.1) is 5.92 Å². The van der Waals surface area contributed by atoms with Gasteiger partial charge in [-0.2, -0.15) is 0 Å². The fourth-order valence-electron chi connectivity index (χ4n) is 3.93. The van der Waals surface area contributed by atoms with Crippen LogP contribution in [-0.4, -0.2) is 60.4 Å². The summed E-state index contributed by atoms with van der Waals surface area (Å²) in [6.45, 7) is 3.93. The van der Waals surface area contributed by atoms with Gasteiger partial charge in [0, 0.05) is 31.4 Å². The number of nitrogens with zero attached hydrogens (tertiary/aromatic N) is 2. The molecule has 0 bridgehead atoms. The summed E-state index contributed by atoms with van der Waals surface area (Å²) < 4.78 is 10.7. The predicted octanol–water partition coefficient (Wildman–Crippen LogP) is 1.59. The normalized spacial score (nSPS) is 25.9. The Morgan fingerprint density at radius 2 is 2.07 bits per heavy atom. The second-order valence-electron chi connectivity index (χ2n) is 8.42. The highest BCUT2D eigenvalue weighted by Gasteiger charge is 2.37. The highest BCUT2D eigenvalue weighted by atomic mass is 16.6. The van der Waals surface area contributed by atoms with Crippen LogP contribution >= 0.6 is 0 Å². The summed E-state index contributed by atoms with van der Waals surface area (Å²) in [6, 6.07) is 3.94. The Balaban J connectivity index is 1.40. The van der Waals surface area contributed by atoms with Crippen molar-refractivity contribution in [2.24, 2.45) is 5.92 Å². The number of rotatable bonds is 7. The lowest BCUT2D eigenvalue weighted by molar-refractivity contribution is -0.121. The first-order valence-corrected chi connectivity index (χ1v) is 10.6. The molecule has 1 aliphatic carbocycles. The van der Waals surface area contributed by atoms with E-state index < -0.39 is 0 Å². The van der Waals surface area contributed by atoms with Crippen LogP contribution < -0.4 is 20.9 Å². The molecule has 1 saturated heterocycles. The summed E-state index contributed by atoms with van der Waals surface area (Å²) in [4.78, 5) is 30.2. The third kappa shape index (κ3) is 5.82. The molecule has 2 unspecified atom stereocenters. The van der Waals surface area contributed by atoms with E-state index in [1.54, 1.807) is 31.3 Å². The van der Waals surface area contributed by atoms with E-state index in [-0.39, 0.29) is 42.8 Å². The molecule has 2 amide bonds. The fourth-order valence-corrected chi connectivity index (χ4v) is 3.93. The van der Waals surface area contributed by atoms with Gasteiger partial charge in [-0.05, 0) is 51.0 Å². The van der Waals surface area contributed by atoms with Gasteiger partial charge < -0.3 is 19.7 Å². The molecule has 1 aromatic heterocycles. The third-order valence-electron chi connectivity index (χ3n) is 5.96. The van der Waals surface area contributed by atoms with E-state index in [9.17, 15) is 9.59 Å². The number of carbonyl (C=O) groups is 2. The molecule has 166 valence electrons. The Kier molecular flexibility index (Phi) is 7.49. The molecule has 9 nitrogen and oxygen atoms in total. The van der Waals surface area contributed by atoms with Crippen LogP contribution in [0.3, 0.4) is 0 Å². The SMILES string of the molecule is COc1ccc(CC(=O)NC2CC([C@H]3CC[C@@H](OC(=O)N(C)C(C)C)C3)NN2)cn1. The number of hydrogen-bond acceptors (Lipinski definition) is 7. The lowest BCUT2D eigenvalue weighted by Crippen LogP contribution is -2.45. The minimum Gasteiger partial charge on any atom is -0.481 e. The van der Waals surface area contributed by atoms with Gasteiger partial charge in [0.05, 0.1) is 19.7 Å². The molecule has 2 heterocycles. The summed E-state index contributed by atoms with van der Waals surface area (Å²) in [5.74, 6) is 0.879. The maximum Gasteiger partial charge on any atom is 0.410 e. The maximum atomic E-state index is 12.3. The van der Waals surface area contributed by atoms with Gasteiger partial charge in [0.15, 0.2) is 0 Å². The number of hydrogen-bond donors (Lipinski definition) is 3. The first kappa shape index (κ1) is 22.3. The monoisotopic (exact) mass is 419 g/mol. The molecule has 2 aliphatic rings. The predicted molar refractivity (Wildman–Crippen MR) is 112 cm³/mol. The van der Waals surface area contributed by atoms with Gasteiger partial charge in [-0.15, -0.1) is 0 Å². The van der Waals surface area contributed by atoms with E-state index in [1.165, 1.54) is 0 Å². The van der Waals surface area contributed by atoms with Gasteiger partial charge in [-0.3, -0.25) is 10.2 Å². The Morgan fingerprint density at radius 3 is 2.73 bits per heavy atom. The van der Waals surface area contributed by atoms with Gasteiger partial charge in [0.1, 0.15) is 6.10 Å². The number of pyridine rings is 1. The van der Waals surface area contributed by atoms with Crippen molar-refractivity contribution >= 4 is 12.0 Å². The van der Waals surface area contributed by atoms with Crippen LogP contribution in [0.2, 0.25) is 0 Å². The van der Waals surface area contributed by atoms with E-state index >= 15 is 0 Å². The molecule has 3 rings (SSSR count). The smallest absolute Gasteiger partial charge is 0.410 e. The minimum atomic E-state index is -0.258. The van der Waals surface area contributed by atoms with Crippen LogP contribution in [0.25, 0.3) is 0 Å². The zero-order valence-corrected chi connectivity index (χ0v) is 18.2. The number of methoxy groups -OCH3 is 1. The van der Waals surface area contributed by atoms with Gasteiger partial charge in [-0.1, -0.05) is 6.07 Å². The molecule has 1 saturated carbocycles. The largest absolute Gasteiger partial charge is 0.481 e. The van der Waals surface area contributed by atoms with Crippen LogP contribution in [0.15, 0.2) is 18.3 Å². The number of nitrogens with one attached hydrogen (secondary N) is 3. The molecular weight excluding hydrogens is 386 g/mol. The summed E-state index contributed by atoms with van der Waals surface area (Å²) in [6.07, 6.45) is 5.01. The minimum absolute atomic E-state index is 0.0401. The number of ether oxygens (including phenoxy) is 2. The zero-order valence-electron chi connectivity index (χ0n) is 18.2. The summed E-state index contributed by atoms with van der Waals surface area (Å²) in [5.41, 5.74) is 7.31. The Labute approximate surface area is 177 Å². The van der Waals surface area contributed by atoms with E-state index in [0.29, 0.717) is 11.8 Å². The third-order valence-corrected chi connectivity index (χ3v) is 5.96. The molecule has 3 N–H and O–H groups in total. The number of amides is 2. The van der Waals surface area contributed by atoms with E-state index in [1.807, 2.05) is 19.9 Å². The lowest BCUT2D eigenvalue weighted by Gasteiger charge is -2.23. The fraction of sp³-hybridized carbons (Fsp3) is 0.667. The van der Waals surface area contributed by atoms with Crippen molar-refractivity contribution in [3.63, 3.8) is 0 Å². The maximum absolute atomic E-state index is 12.3. The molecule has 2 fully saturated rings. The second-order valence-corrected chi connectivity index (χ2v) is 8.42. The quantitative estimate of drug-likeness (QED) is 0.616. The molecule has 0 radical (unpaired) electrons. The lowest BCUT2D eigenvalue weighted by atomic mass is 9.96. The van der Waals surface area contributed by atoms with Crippen LogP contribution in [-0.2, 0) is 16.0 Å². The zero-order chi connectivity index (χ0) is 21.7. The van der Waals surface area contributed by atoms with Crippen LogP contribution in [0.4, 0.5) is 4.79 Å². The number of aromatic nitrogens is 1. The topological polar surface area (TPSA) is 105 Å². The molecule has 1 aromatic rings. The highest BCUT2D eigenvalue weighted by molar-refractivity contribution is 5.78. The van der Waals surface area contributed by atoms with E-state index in [4.69, 9.17) is 9.47 Å². The molecule has 0 spiro atoms. The van der Waals surface area contributed by atoms with Gasteiger partial charge in [0.25, 0.3) is 0 Å². The van der Waals surface area contributed by atoms with Gasteiger partial charge in [0.2, 0.25) is 11.8 Å². The van der Waals surface area contributed by atoms with E-state index in [2.05, 4.69) is 21.2 Å². The molecule has 9 heteroatoms. The van der Waals surface area contributed by atoms with Crippen LogP contribution in [0.1, 0.15) is 45.1 Å². The van der Waals surface area contributed by atoms with E-state index in [0.717, 1.165) is 31.2 Å². The van der Waals surface area contributed by atoms with Gasteiger partial charge in [-0.25, -0.2) is 15.2 Å². The number of carbonyl (C=O) groups excluding carboxylic acids is 2. The highest BCUT2D eigenvalue weighted by Crippen LogP contribution is 2.33. The van der Waals surface area contributed by atoms with Crippen LogP contribution in [0.5, 0.6) is 5.88 Å². The first-order valence-electron chi connectivity index (χ1n) is 10.6. The molecule has 1 aliphatic heterocycles. The van der Waals surface area contributed by atoms with Crippen molar-refractivity contribution in [3.8, 4) is 5.88 Å². The molecular formula is C21H33N5O4. The average Bonchev–Trinajstić information content (AvgIpc) is 3.37. The first-order chi connectivity index (χ1) is 14.4. The number of hydrazine groups is 1. The van der Waals surface area contributed by atoms with Crippen molar-refractivity contribution in [2.45, 2.75) is 70.3 Å². The summed E-state index contributed by atoms with van der Waals surface area (Å²) >= 11 is 0. The Hall–Kier alpha value is -2.39. The Bertz CT molecular complexity index is 727. The Morgan fingerprint density at radius 1 is 1.27 bits per heavy atom. The van der Waals surface area contributed by atoms with Gasteiger partial charge >= 0.3 is 6.09 Å². The van der Waals surface area contributed by atoms with Crippen molar-refractivity contribution in [1.29, 1.82) is 0 Å². The molecule has 0 aromatic carbocycles. The molecule has 30 heavy (non-hydrogen) atoms. The summed E-state index contributed by atoms with van der Waals surface area (Å²) in [5, 5.41) is 3.02. The molecule has 4 atom stereocenters. The second kappa shape index (κ2) is 10.1. The summed E-state index contributed by atoms with van der Waals surface area (Å²) in [7, 11) is 3.32. The standard InChI is InChI=1S/C21H33N5O4/c1-13(2)26(3)21(28)30-16-7-6-15(10-16)17-11-18(25-24-17)23-19(27)9-14-5-8-20(29-4)22-12-14/h5,8,12-13,15-18,24-25H,6-7,9-11H2,1-4H3,(H,23,27)/t15-,16+,17?,18?/m0/s1. The van der Waals surface area contributed by atoms with Crippen molar-refractivity contribution in [2.75, 3.05) is 14.2 Å². The van der Waals surface area contributed by atoms with Crippen molar-refractivity contribution < 1.29 is 19.1 Å². The average molecular weight is 420 g/mol.